The first-order chi connectivity index (χ1) is 14.8. The van der Waals surface area contributed by atoms with Crippen LogP contribution in [0.5, 0.6) is 5.75 Å². The van der Waals surface area contributed by atoms with Crippen LogP contribution in [0.2, 0.25) is 5.02 Å². The van der Waals surface area contributed by atoms with Crippen molar-refractivity contribution in [1.82, 2.24) is 4.31 Å². The highest BCUT2D eigenvalue weighted by atomic mass is 35.5. The van der Waals surface area contributed by atoms with Crippen molar-refractivity contribution in [3.8, 4) is 5.75 Å². The van der Waals surface area contributed by atoms with E-state index in [2.05, 4.69) is 5.32 Å². The molecule has 3 aromatic carbocycles. The zero-order valence-electron chi connectivity index (χ0n) is 17.2. The van der Waals surface area contributed by atoms with Crippen molar-refractivity contribution in [2.24, 2.45) is 0 Å². The molecule has 6 nitrogen and oxygen atoms in total. The molecular formula is C23H23ClN2O4S. The summed E-state index contributed by atoms with van der Waals surface area (Å²) in [6.45, 7) is 1.52. The molecule has 0 aromatic heterocycles. The van der Waals surface area contributed by atoms with Crippen molar-refractivity contribution < 1.29 is 17.9 Å². The molecule has 0 atom stereocenters. The minimum atomic E-state index is -3.92. The maximum absolute atomic E-state index is 13.3. The molecule has 0 aliphatic rings. The molecule has 0 saturated carbocycles. The number of benzene rings is 3. The topological polar surface area (TPSA) is 75.7 Å². The fraction of sp³-hybridized carbons (Fsp3) is 0.174. The van der Waals surface area contributed by atoms with Gasteiger partial charge in [0, 0.05) is 23.3 Å². The Morgan fingerprint density at radius 3 is 2.42 bits per heavy atom. The van der Waals surface area contributed by atoms with Gasteiger partial charge in [-0.2, -0.15) is 4.31 Å². The number of rotatable bonds is 8. The van der Waals surface area contributed by atoms with Crippen molar-refractivity contribution >= 4 is 33.2 Å². The predicted molar refractivity (Wildman–Crippen MR) is 122 cm³/mol. The number of amides is 1. The Labute approximate surface area is 187 Å². The highest BCUT2D eigenvalue weighted by Crippen LogP contribution is 2.21. The Morgan fingerprint density at radius 1 is 1.03 bits per heavy atom. The minimum absolute atomic E-state index is 0.00228. The quantitative estimate of drug-likeness (QED) is 0.539. The molecular weight excluding hydrogens is 436 g/mol. The van der Waals surface area contributed by atoms with Gasteiger partial charge >= 0.3 is 0 Å². The molecule has 0 unspecified atom stereocenters. The second kappa shape index (κ2) is 9.96. The van der Waals surface area contributed by atoms with Gasteiger partial charge in [0.15, 0.2) is 0 Å². The molecule has 1 amide bonds. The normalized spacial score (nSPS) is 11.4. The minimum Gasteiger partial charge on any atom is -0.497 e. The lowest BCUT2D eigenvalue weighted by atomic mass is 10.2. The summed E-state index contributed by atoms with van der Waals surface area (Å²) >= 11 is 6.06. The predicted octanol–water partition coefficient (Wildman–Crippen LogP) is 4.49. The van der Waals surface area contributed by atoms with Crippen LogP contribution in [0, 0.1) is 6.92 Å². The largest absolute Gasteiger partial charge is 0.497 e. The summed E-state index contributed by atoms with van der Waals surface area (Å²) in [5.74, 6) is 0.117. The first-order valence-corrected chi connectivity index (χ1v) is 11.3. The number of hydrogen-bond donors (Lipinski definition) is 1. The smallest absolute Gasteiger partial charge is 0.243 e. The number of sulfonamides is 1. The molecule has 162 valence electrons. The molecule has 8 heteroatoms. The third-order valence-corrected chi connectivity index (χ3v) is 6.62. The van der Waals surface area contributed by atoms with Gasteiger partial charge < -0.3 is 10.1 Å². The van der Waals surface area contributed by atoms with Crippen molar-refractivity contribution in [1.29, 1.82) is 0 Å². The Morgan fingerprint density at radius 2 is 1.74 bits per heavy atom. The summed E-state index contributed by atoms with van der Waals surface area (Å²) in [7, 11) is -2.39. The van der Waals surface area contributed by atoms with Crippen LogP contribution in [0.25, 0.3) is 0 Å². The molecule has 0 heterocycles. The molecule has 0 saturated heterocycles. The van der Waals surface area contributed by atoms with Gasteiger partial charge in [0.05, 0.1) is 18.6 Å². The van der Waals surface area contributed by atoms with Gasteiger partial charge in [-0.25, -0.2) is 8.42 Å². The molecule has 3 aromatic rings. The Bertz CT molecular complexity index is 1160. The van der Waals surface area contributed by atoms with Gasteiger partial charge in [0.1, 0.15) is 5.75 Å². The van der Waals surface area contributed by atoms with Crippen LogP contribution in [0.4, 0.5) is 5.69 Å². The van der Waals surface area contributed by atoms with E-state index in [0.29, 0.717) is 22.0 Å². The van der Waals surface area contributed by atoms with Gasteiger partial charge in [-0.1, -0.05) is 47.5 Å². The van der Waals surface area contributed by atoms with Gasteiger partial charge in [0.25, 0.3) is 0 Å². The molecule has 3 rings (SSSR count). The van der Waals surface area contributed by atoms with E-state index in [-0.39, 0.29) is 18.0 Å². The highest BCUT2D eigenvalue weighted by Gasteiger charge is 2.27. The number of aryl methyl sites for hydroxylation is 1. The lowest BCUT2D eigenvalue weighted by Gasteiger charge is -2.22. The van der Waals surface area contributed by atoms with E-state index in [1.54, 1.807) is 60.7 Å². The van der Waals surface area contributed by atoms with Crippen LogP contribution in [0.3, 0.4) is 0 Å². The lowest BCUT2D eigenvalue weighted by Crippen LogP contribution is -2.37. The fourth-order valence-electron chi connectivity index (χ4n) is 2.99. The zero-order chi connectivity index (χ0) is 22.4. The van der Waals surface area contributed by atoms with E-state index in [4.69, 9.17) is 16.3 Å². The van der Waals surface area contributed by atoms with Crippen molar-refractivity contribution in [2.45, 2.75) is 18.4 Å². The number of methoxy groups -OCH3 is 1. The molecule has 0 aliphatic carbocycles. The summed E-state index contributed by atoms with van der Waals surface area (Å²) in [5, 5.41) is 3.22. The van der Waals surface area contributed by atoms with E-state index >= 15 is 0 Å². The molecule has 31 heavy (non-hydrogen) atoms. The van der Waals surface area contributed by atoms with Crippen LogP contribution in [-0.4, -0.2) is 32.3 Å². The molecule has 0 spiro atoms. The molecule has 0 aliphatic heterocycles. The Kier molecular flexibility index (Phi) is 7.33. The highest BCUT2D eigenvalue weighted by molar-refractivity contribution is 7.89. The van der Waals surface area contributed by atoms with Crippen molar-refractivity contribution in [3.05, 3.63) is 88.9 Å². The number of carbonyl (C=O) groups is 1. The molecule has 1 N–H and O–H groups in total. The van der Waals surface area contributed by atoms with E-state index < -0.39 is 15.9 Å². The van der Waals surface area contributed by atoms with Crippen molar-refractivity contribution in [3.63, 3.8) is 0 Å². The first kappa shape index (κ1) is 22.8. The standard InChI is InChI=1S/C23H23ClN2O4S/c1-17-9-11-22(12-10-17)31(28,29)26(15-18-5-3-6-19(24)13-18)16-23(27)25-20-7-4-8-21(14-20)30-2/h3-14H,15-16H2,1-2H3,(H,25,27). The summed E-state index contributed by atoms with van der Waals surface area (Å²) < 4.78 is 32.9. The van der Waals surface area contributed by atoms with E-state index in [9.17, 15) is 13.2 Å². The summed E-state index contributed by atoms with van der Waals surface area (Å²) in [5.41, 5.74) is 2.13. The number of ether oxygens (including phenoxy) is 1. The first-order valence-electron chi connectivity index (χ1n) is 9.53. The maximum atomic E-state index is 13.3. The van der Waals surface area contributed by atoms with Crippen LogP contribution in [0.15, 0.2) is 77.7 Å². The Hall–Kier alpha value is -2.87. The van der Waals surface area contributed by atoms with Crippen LogP contribution >= 0.6 is 11.6 Å². The number of anilines is 1. The molecule has 0 radical (unpaired) electrons. The van der Waals surface area contributed by atoms with Gasteiger partial charge in [-0.15, -0.1) is 0 Å². The third kappa shape index (κ3) is 6.07. The van der Waals surface area contributed by atoms with Crippen LogP contribution in [0.1, 0.15) is 11.1 Å². The fourth-order valence-corrected chi connectivity index (χ4v) is 4.58. The number of halogens is 1. The average molecular weight is 459 g/mol. The number of nitrogens with zero attached hydrogens (tertiary/aromatic N) is 1. The van der Waals surface area contributed by atoms with Gasteiger partial charge in [0.2, 0.25) is 15.9 Å². The molecule has 0 bridgehead atoms. The van der Waals surface area contributed by atoms with Crippen LogP contribution in [-0.2, 0) is 21.4 Å². The van der Waals surface area contributed by atoms with E-state index in [0.717, 1.165) is 9.87 Å². The van der Waals surface area contributed by atoms with Gasteiger partial charge in [-0.3, -0.25) is 4.79 Å². The third-order valence-electron chi connectivity index (χ3n) is 4.58. The summed E-state index contributed by atoms with van der Waals surface area (Å²) in [4.78, 5) is 12.8. The number of hydrogen-bond acceptors (Lipinski definition) is 4. The van der Waals surface area contributed by atoms with Crippen molar-refractivity contribution in [2.75, 3.05) is 19.0 Å². The monoisotopic (exact) mass is 458 g/mol. The summed E-state index contributed by atoms with van der Waals surface area (Å²) in [6.07, 6.45) is 0. The number of carbonyl (C=O) groups excluding carboxylic acids is 1. The van der Waals surface area contributed by atoms with Crippen LogP contribution < -0.4 is 10.1 Å². The Balaban J connectivity index is 1.87. The number of nitrogens with one attached hydrogen (secondary N) is 1. The molecule has 0 fully saturated rings. The SMILES string of the molecule is COc1cccc(NC(=O)CN(Cc2cccc(Cl)c2)S(=O)(=O)c2ccc(C)cc2)c1. The van der Waals surface area contributed by atoms with E-state index in [1.165, 1.54) is 19.2 Å². The second-order valence-electron chi connectivity index (χ2n) is 7.00. The zero-order valence-corrected chi connectivity index (χ0v) is 18.8. The summed E-state index contributed by atoms with van der Waals surface area (Å²) in [6, 6.07) is 20.3. The van der Waals surface area contributed by atoms with Gasteiger partial charge in [-0.05, 0) is 48.9 Å². The second-order valence-corrected chi connectivity index (χ2v) is 9.37. The maximum Gasteiger partial charge on any atom is 0.243 e. The lowest BCUT2D eigenvalue weighted by molar-refractivity contribution is -0.116. The van der Waals surface area contributed by atoms with E-state index in [1.807, 2.05) is 6.92 Å². The average Bonchev–Trinajstić information content (AvgIpc) is 2.73.